The number of carbonyl (C=O) groups is 1. The molecule has 0 aliphatic carbocycles. The van der Waals surface area contributed by atoms with E-state index in [0.717, 1.165) is 60.4 Å². The van der Waals surface area contributed by atoms with E-state index in [1.807, 2.05) is 29.2 Å². The fourth-order valence-electron chi connectivity index (χ4n) is 3.88. The summed E-state index contributed by atoms with van der Waals surface area (Å²) < 4.78 is 6.75. The third kappa shape index (κ3) is 3.35. The second-order valence-corrected chi connectivity index (χ2v) is 7.78. The summed E-state index contributed by atoms with van der Waals surface area (Å²) >= 11 is 3.47. The van der Waals surface area contributed by atoms with Gasteiger partial charge in [-0.2, -0.15) is 0 Å². The van der Waals surface area contributed by atoms with Gasteiger partial charge in [0.05, 0.1) is 5.57 Å². The van der Waals surface area contributed by atoms with Crippen molar-refractivity contribution in [2.45, 2.75) is 19.3 Å². The molecule has 3 aliphatic heterocycles. The number of hydrogen-bond donors (Lipinski definition) is 1. The lowest BCUT2D eigenvalue weighted by Gasteiger charge is -2.39. The minimum Gasteiger partial charge on any atom is -0.488 e. The number of hydrogen-bond acceptors (Lipinski definition) is 3. The Morgan fingerprint density at radius 2 is 2.04 bits per heavy atom. The lowest BCUT2D eigenvalue weighted by Crippen LogP contribution is -2.45. The standard InChI is InChI=1S/C18H21BrN2O2.ClH/c19-15-1-2-16-13(10-15)9-14(11-23-16)17(22)21-7-4-18(5-8-21)3-6-20-12-18;/h1-2,9-10,20H,3-8,11-12H2;1H. The van der Waals surface area contributed by atoms with Gasteiger partial charge in [0.2, 0.25) is 0 Å². The molecule has 1 N–H and O–H groups in total. The van der Waals surface area contributed by atoms with Gasteiger partial charge in [0.15, 0.2) is 0 Å². The summed E-state index contributed by atoms with van der Waals surface area (Å²) in [7, 11) is 0. The summed E-state index contributed by atoms with van der Waals surface area (Å²) in [5.74, 6) is 0.982. The SMILES string of the molecule is Cl.O=C(C1=Cc2cc(Br)ccc2OC1)N1CCC2(CCNC2)CC1. The molecule has 6 heteroatoms. The molecule has 1 amide bonds. The maximum absolute atomic E-state index is 12.8. The fourth-order valence-corrected chi connectivity index (χ4v) is 4.26. The number of halogens is 2. The molecule has 4 nitrogen and oxygen atoms in total. The molecule has 0 saturated carbocycles. The van der Waals surface area contributed by atoms with Crippen molar-refractivity contribution >= 4 is 40.3 Å². The van der Waals surface area contributed by atoms with E-state index in [4.69, 9.17) is 4.74 Å². The van der Waals surface area contributed by atoms with Gasteiger partial charge in [-0.25, -0.2) is 0 Å². The van der Waals surface area contributed by atoms with Crippen LogP contribution in [0.1, 0.15) is 24.8 Å². The van der Waals surface area contributed by atoms with Crippen molar-refractivity contribution in [2.75, 3.05) is 32.8 Å². The summed E-state index contributed by atoms with van der Waals surface area (Å²) in [6.07, 6.45) is 5.46. The number of fused-ring (bicyclic) bond motifs is 1. The van der Waals surface area contributed by atoms with Gasteiger partial charge in [0.1, 0.15) is 12.4 Å². The number of ether oxygens (including phenoxy) is 1. The minimum atomic E-state index is 0. The van der Waals surface area contributed by atoms with Crippen molar-refractivity contribution < 1.29 is 9.53 Å². The highest BCUT2D eigenvalue weighted by atomic mass is 79.9. The summed E-state index contributed by atoms with van der Waals surface area (Å²) in [5, 5.41) is 3.47. The number of piperidine rings is 1. The van der Waals surface area contributed by atoms with Gasteiger partial charge in [-0.15, -0.1) is 12.4 Å². The van der Waals surface area contributed by atoms with Gasteiger partial charge in [-0.1, -0.05) is 15.9 Å². The number of amides is 1. The van der Waals surface area contributed by atoms with Gasteiger partial charge >= 0.3 is 0 Å². The van der Waals surface area contributed by atoms with E-state index >= 15 is 0 Å². The van der Waals surface area contributed by atoms with E-state index in [1.165, 1.54) is 6.42 Å². The molecule has 0 radical (unpaired) electrons. The molecule has 4 rings (SSSR count). The summed E-state index contributed by atoms with van der Waals surface area (Å²) in [4.78, 5) is 14.8. The molecular formula is C18H22BrClN2O2. The Morgan fingerprint density at radius 3 is 2.75 bits per heavy atom. The molecule has 3 aliphatic rings. The summed E-state index contributed by atoms with van der Waals surface area (Å²) in [6.45, 7) is 4.34. The first kappa shape index (κ1) is 17.8. The Kier molecular flexibility index (Phi) is 5.23. The first-order chi connectivity index (χ1) is 11.2. The lowest BCUT2D eigenvalue weighted by molar-refractivity contribution is -0.129. The van der Waals surface area contributed by atoms with Crippen molar-refractivity contribution in [3.63, 3.8) is 0 Å². The molecule has 2 saturated heterocycles. The zero-order chi connectivity index (χ0) is 15.9. The van der Waals surface area contributed by atoms with Crippen molar-refractivity contribution in [2.24, 2.45) is 5.41 Å². The third-order valence-electron chi connectivity index (χ3n) is 5.40. The van der Waals surface area contributed by atoms with E-state index in [2.05, 4.69) is 21.2 Å². The molecule has 0 atom stereocenters. The van der Waals surface area contributed by atoms with Crippen LogP contribution in [0.2, 0.25) is 0 Å². The van der Waals surface area contributed by atoms with E-state index in [1.54, 1.807) is 0 Å². The van der Waals surface area contributed by atoms with Crippen LogP contribution >= 0.6 is 28.3 Å². The van der Waals surface area contributed by atoms with E-state index < -0.39 is 0 Å². The smallest absolute Gasteiger partial charge is 0.253 e. The Morgan fingerprint density at radius 1 is 1.25 bits per heavy atom. The molecule has 2 fully saturated rings. The zero-order valence-electron chi connectivity index (χ0n) is 13.5. The highest BCUT2D eigenvalue weighted by molar-refractivity contribution is 9.10. The lowest BCUT2D eigenvalue weighted by atomic mass is 9.77. The molecule has 24 heavy (non-hydrogen) atoms. The topological polar surface area (TPSA) is 41.6 Å². The maximum Gasteiger partial charge on any atom is 0.253 e. The second-order valence-electron chi connectivity index (χ2n) is 6.86. The van der Waals surface area contributed by atoms with Crippen LogP contribution in [0.4, 0.5) is 0 Å². The van der Waals surface area contributed by atoms with Gasteiger partial charge in [-0.05, 0) is 55.5 Å². The van der Waals surface area contributed by atoms with E-state index in [0.29, 0.717) is 12.0 Å². The number of likely N-dealkylation sites (tertiary alicyclic amines) is 1. The van der Waals surface area contributed by atoms with Crippen LogP contribution in [0.3, 0.4) is 0 Å². The maximum atomic E-state index is 12.8. The van der Waals surface area contributed by atoms with Crippen molar-refractivity contribution in [1.29, 1.82) is 0 Å². The zero-order valence-corrected chi connectivity index (χ0v) is 15.9. The van der Waals surface area contributed by atoms with Gasteiger partial charge in [0, 0.05) is 29.7 Å². The molecule has 130 valence electrons. The molecule has 1 aromatic rings. The Labute approximate surface area is 157 Å². The highest BCUT2D eigenvalue weighted by Crippen LogP contribution is 2.37. The first-order valence-corrected chi connectivity index (χ1v) is 9.08. The quantitative estimate of drug-likeness (QED) is 0.768. The van der Waals surface area contributed by atoms with Crippen molar-refractivity contribution in [3.8, 4) is 5.75 Å². The van der Waals surface area contributed by atoms with Crippen LogP contribution in [0.25, 0.3) is 6.08 Å². The Bertz CT molecular complexity index is 661. The van der Waals surface area contributed by atoms with Crippen molar-refractivity contribution in [1.82, 2.24) is 10.2 Å². The summed E-state index contributed by atoms with van der Waals surface area (Å²) in [5.41, 5.74) is 2.17. The Balaban J connectivity index is 0.00000169. The monoisotopic (exact) mass is 412 g/mol. The number of rotatable bonds is 1. The Hall–Kier alpha value is -1.04. The van der Waals surface area contributed by atoms with Crippen LogP contribution in [0.5, 0.6) is 5.75 Å². The third-order valence-corrected chi connectivity index (χ3v) is 5.90. The number of nitrogens with zero attached hydrogens (tertiary/aromatic N) is 1. The van der Waals surface area contributed by atoms with Gasteiger partial charge in [-0.3, -0.25) is 4.79 Å². The number of carbonyl (C=O) groups excluding carboxylic acids is 1. The molecule has 0 bridgehead atoms. The average Bonchev–Trinajstić information content (AvgIpc) is 3.02. The molecule has 1 aromatic carbocycles. The predicted molar refractivity (Wildman–Crippen MR) is 101 cm³/mol. The number of nitrogens with one attached hydrogen (secondary N) is 1. The molecule has 0 aromatic heterocycles. The second kappa shape index (κ2) is 7.06. The van der Waals surface area contributed by atoms with Crippen LogP contribution < -0.4 is 10.1 Å². The minimum absolute atomic E-state index is 0. The van der Waals surface area contributed by atoms with E-state index in [-0.39, 0.29) is 18.3 Å². The predicted octanol–water partition coefficient (Wildman–Crippen LogP) is 3.25. The average molecular weight is 414 g/mol. The summed E-state index contributed by atoms with van der Waals surface area (Å²) in [6, 6.07) is 5.89. The molecular weight excluding hydrogens is 392 g/mol. The molecule has 1 spiro atoms. The van der Waals surface area contributed by atoms with Crippen LogP contribution in [0, 0.1) is 5.41 Å². The van der Waals surface area contributed by atoms with Crippen LogP contribution in [-0.2, 0) is 4.79 Å². The van der Waals surface area contributed by atoms with Crippen LogP contribution in [-0.4, -0.2) is 43.6 Å². The van der Waals surface area contributed by atoms with E-state index in [9.17, 15) is 4.79 Å². The number of benzene rings is 1. The molecule has 0 unspecified atom stereocenters. The fraction of sp³-hybridized carbons (Fsp3) is 0.500. The largest absolute Gasteiger partial charge is 0.488 e. The van der Waals surface area contributed by atoms with Gasteiger partial charge in [0.25, 0.3) is 5.91 Å². The van der Waals surface area contributed by atoms with Crippen molar-refractivity contribution in [3.05, 3.63) is 33.8 Å². The molecule has 3 heterocycles. The van der Waals surface area contributed by atoms with Crippen LogP contribution in [0.15, 0.2) is 28.2 Å². The normalized spacial score (nSPS) is 21.5. The highest BCUT2D eigenvalue weighted by Gasteiger charge is 2.38. The van der Waals surface area contributed by atoms with Gasteiger partial charge < -0.3 is 15.0 Å². The first-order valence-electron chi connectivity index (χ1n) is 8.28.